The standard InChI is InChI=1S/C29H47N3O2/c1-28-18-16-26(33)31(3)24(28)13-11-21-22-12-14-25(29(22,2)17-15-23(21)28)32(20-9-10-20)27(34)30-19-7-5-4-6-8-19/h19-25H,4-18H2,1-3H3,(H,30,34)/t21-,22-,23-,24+,25-,28+,29-/m0/s1. The van der Waals surface area contributed by atoms with Crippen molar-refractivity contribution in [2.75, 3.05) is 7.05 Å². The number of carbonyl (C=O) groups is 2. The highest BCUT2D eigenvalue weighted by atomic mass is 16.2. The maximum absolute atomic E-state index is 13.7. The monoisotopic (exact) mass is 469 g/mol. The van der Waals surface area contributed by atoms with E-state index < -0.39 is 0 Å². The molecule has 6 rings (SSSR count). The van der Waals surface area contributed by atoms with E-state index in [1.807, 2.05) is 0 Å². The van der Waals surface area contributed by atoms with Gasteiger partial charge in [0.2, 0.25) is 5.91 Å². The van der Waals surface area contributed by atoms with Crippen LogP contribution < -0.4 is 5.32 Å². The lowest BCUT2D eigenvalue weighted by Gasteiger charge is -2.62. The molecule has 1 saturated heterocycles. The van der Waals surface area contributed by atoms with E-state index in [1.54, 1.807) is 0 Å². The number of rotatable bonds is 3. The van der Waals surface area contributed by atoms with Gasteiger partial charge in [-0.2, -0.15) is 0 Å². The summed E-state index contributed by atoms with van der Waals surface area (Å²) in [5, 5.41) is 3.49. The maximum atomic E-state index is 13.7. The minimum absolute atomic E-state index is 0.256. The number of hydrogen-bond donors (Lipinski definition) is 1. The van der Waals surface area contributed by atoms with E-state index in [4.69, 9.17) is 0 Å². The molecule has 0 aromatic heterocycles. The van der Waals surface area contributed by atoms with Crippen molar-refractivity contribution >= 4 is 11.9 Å². The van der Waals surface area contributed by atoms with Crippen LogP contribution in [-0.2, 0) is 4.79 Å². The Kier molecular flexibility index (Phi) is 5.72. The number of fused-ring (bicyclic) bond motifs is 5. The van der Waals surface area contributed by atoms with Crippen LogP contribution in [0, 0.1) is 28.6 Å². The minimum Gasteiger partial charge on any atom is -0.342 e. The molecule has 5 saturated carbocycles. The van der Waals surface area contributed by atoms with E-state index in [2.05, 4.69) is 36.0 Å². The van der Waals surface area contributed by atoms with Crippen LogP contribution >= 0.6 is 0 Å². The molecule has 0 radical (unpaired) electrons. The fourth-order valence-corrected chi connectivity index (χ4v) is 9.99. The molecule has 5 heteroatoms. The zero-order valence-electron chi connectivity index (χ0n) is 21.9. The first-order valence-electron chi connectivity index (χ1n) is 14.7. The highest BCUT2D eigenvalue weighted by molar-refractivity contribution is 5.77. The van der Waals surface area contributed by atoms with Gasteiger partial charge in [-0.1, -0.05) is 33.1 Å². The molecule has 1 heterocycles. The van der Waals surface area contributed by atoms with Gasteiger partial charge in [0.25, 0.3) is 0 Å². The number of urea groups is 1. The van der Waals surface area contributed by atoms with Gasteiger partial charge in [0, 0.05) is 37.6 Å². The number of nitrogens with one attached hydrogen (secondary N) is 1. The molecule has 0 unspecified atom stereocenters. The van der Waals surface area contributed by atoms with Crippen molar-refractivity contribution in [1.29, 1.82) is 0 Å². The van der Waals surface area contributed by atoms with Crippen molar-refractivity contribution in [3.8, 4) is 0 Å². The molecule has 190 valence electrons. The fourth-order valence-electron chi connectivity index (χ4n) is 9.99. The summed E-state index contributed by atoms with van der Waals surface area (Å²) in [7, 11) is 2.06. The molecule has 3 amide bonds. The molecule has 1 N–H and O–H groups in total. The van der Waals surface area contributed by atoms with E-state index in [0.717, 1.165) is 43.4 Å². The lowest BCUT2D eigenvalue weighted by Crippen LogP contribution is -2.62. The third-order valence-electron chi connectivity index (χ3n) is 12.0. The summed E-state index contributed by atoms with van der Waals surface area (Å²) in [6.07, 6.45) is 17.8. The number of piperidine rings is 1. The molecule has 7 atom stereocenters. The van der Waals surface area contributed by atoms with Crippen LogP contribution in [0.25, 0.3) is 0 Å². The van der Waals surface area contributed by atoms with Crippen molar-refractivity contribution in [1.82, 2.24) is 15.1 Å². The van der Waals surface area contributed by atoms with Crippen molar-refractivity contribution < 1.29 is 9.59 Å². The smallest absolute Gasteiger partial charge is 0.318 e. The molecule has 6 aliphatic rings. The van der Waals surface area contributed by atoms with Crippen LogP contribution in [-0.4, -0.2) is 53.0 Å². The van der Waals surface area contributed by atoms with Crippen LogP contribution in [0.3, 0.4) is 0 Å². The van der Waals surface area contributed by atoms with Crippen molar-refractivity contribution in [2.24, 2.45) is 28.6 Å². The van der Waals surface area contributed by atoms with Crippen LogP contribution in [0.4, 0.5) is 4.79 Å². The first-order chi connectivity index (χ1) is 16.3. The van der Waals surface area contributed by atoms with Crippen LogP contribution in [0.1, 0.15) is 110 Å². The topological polar surface area (TPSA) is 52.7 Å². The van der Waals surface area contributed by atoms with Gasteiger partial charge in [-0.05, 0) is 99.2 Å². The average molecular weight is 470 g/mol. The number of carbonyl (C=O) groups excluding carboxylic acids is 2. The molecule has 6 fully saturated rings. The number of nitrogens with zero attached hydrogens (tertiary/aromatic N) is 2. The van der Waals surface area contributed by atoms with Gasteiger partial charge < -0.3 is 15.1 Å². The van der Waals surface area contributed by atoms with E-state index in [9.17, 15) is 9.59 Å². The van der Waals surface area contributed by atoms with Crippen molar-refractivity contribution in [3.05, 3.63) is 0 Å². The number of hydrogen-bond acceptors (Lipinski definition) is 2. The summed E-state index contributed by atoms with van der Waals surface area (Å²) < 4.78 is 0. The van der Waals surface area contributed by atoms with E-state index >= 15 is 0 Å². The van der Waals surface area contributed by atoms with E-state index in [-0.39, 0.29) is 16.9 Å². The zero-order valence-corrected chi connectivity index (χ0v) is 21.9. The minimum atomic E-state index is 0.256. The Balaban J connectivity index is 1.21. The van der Waals surface area contributed by atoms with Gasteiger partial charge in [-0.25, -0.2) is 4.79 Å². The quantitative estimate of drug-likeness (QED) is 0.574. The summed E-state index contributed by atoms with van der Waals surface area (Å²) in [4.78, 5) is 30.6. The highest BCUT2D eigenvalue weighted by Crippen LogP contribution is 2.65. The van der Waals surface area contributed by atoms with Gasteiger partial charge in [-0.15, -0.1) is 0 Å². The predicted molar refractivity (Wildman–Crippen MR) is 134 cm³/mol. The molecule has 0 bridgehead atoms. The SMILES string of the molecule is CN1C(=O)CC[C@]2(C)[C@H]3CC[C@]4(C)[C@@H](N(C(=O)NC5CCCCC5)C5CC5)CC[C@H]4[C@@H]3CC[C@@H]12. The Morgan fingerprint density at radius 3 is 2.35 bits per heavy atom. The summed E-state index contributed by atoms with van der Waals surface area (Å²) in [5.74, 6) is 2.60. The molecule has 0 aromatic carbocycles. The molecule has 5 aliphatic carbocycles. The van der Waals surface area contributed by atoms with Crippen molar-refractivity contribution in [3.63, 3.8) is 0 Å². The van der Waals surface area contributed by atoms with E-state index in [0.29, 0.717) is 30.1 Å². The Morgan fingerprint density at radius 2 is 1.62 bits per heavy atom. The Hall–Kier alpha value is -1.26. The molecular weight excluding hydrogens is 422 g/mol. The molecule has 5 nitrogen and oxygen atoms in total. The third-order valence-corrected chi connectivity index (χ3v) is 12.0. The Labute approximate surface area is 206 Å². The second-order valence-corrected chi connectivity index (χ2v) is 13.5. The number of likely N-dealkylation sites (tertiary alicyclic amines) is 1. The lowest BCUT2D eigenvalue weighted by atomic mass is 9.47. The predicted octanol–water partition coefficient (Wildman–Crippen LogP) is 5.73. The lowest BCUT2D eigenvalue weighted by molar-refractivity contribution is -0.158. The molecular formula is C29H47N3O2. The Bertz CT molecular complexity index is 820. The molecule has 1 aliphatic heterocycles. The molecule has 34 heavy (non-hydrogen) atoms. The summed E-state index contributed by atoms with van der Waals surface area (Å²) in [5.41, 5.74) is 0.535. The largest absolute Gasteiger partial charge is 0.342 e. The van der Waals surface area contributed by atoms with Gasteiger partial charge >= 0.3 is 6.03 Å². The van der Waals surface area contributed by atoms with Crippen molar-refractivity contribution in [2.45, 2.75) is 134 Å². The first-order valence-corrected chi connectivity index (χ1v) is 14.7. The first kappa shape index (κ1) is 23.2. The number of amides is 3. The second-order valence-electron chi connectivity index (χ2n) is 13.5. The average Bonchev–Trinajstić information content (AvgIpc) is 3.59. The molecule has 0 aromatic rings. The van der Waals surface area contributed by atoms with E-state index in [1.165, 1.54) is 70.6 Å². The van der Waals surface area contributed by atoms with Gasteiger partial charge in [0.15, 0.2) is 0 Å². The molecule has 0 spiro atoms. The normalized spacial score (nSPS) is 44.7. The van der Waals surface area contributed by atoms with Gasteiger partial charge in [0.1, 0.15) is 0 Å². The third kappa shape index (κ3) is 3.53. The maximum Gasteiger partial charge on any atom is 0.318 e. The second kappa shape index (κ2) is 8.40. The fraction of sp³-hybridized carbons (Fsp3) is 0.931. The summed E-state index contributed by atoms with van der Waals surface area (Å²) >= 11 is 0. The van der Waals surface area contributed by atoms with Crippen LogP contribution in [0.5, 0.6) is 0 Å². The Morgan fingerprint density at radius 1 is 0.882 bits per heavy atom. The summed E-state index contributed by atoms with van der Waals surface area (Å²) in [6, 6.07) is 1.97. The van der Waals surface area contributed by atoms with Crippen LogP contribution in [0.2, 0.25) is 0 Å². The van der Waals surface area contributed by atoms with Gasteiger partial charge in [0.05, 0.1) is 0 Å². The highest BCUT2D eigenvalue weighted by Gasteiger charge is 2.63. The van der Waals surface area contributed by atoms with Gasteiger partial charge in [-0.3, -0.25) is 4.79 Å². The zero-order chi connectivity index (χ0) is 23.7. The summed E-state index contributed by atoms with van der Waals surface area (Å²) in [6.45, 7) is 5.07. The van der Waals surface area contributed by atoms with Crippen LogP contribution in [0.15, 0.2) is 0 Å².